The van der Waals surface area contributed by atoms with E-state index in [9.17, 15) is 0 Å². The predicted octanol–water partition coefficient (Wildman–Crippen LogP) is 11.4. The van der Waals surface area contributed by atoms with Crippen molar-refractivity contribution in [1.29, 1.82) is 0 Å². The van der Waals surface area contributed by atoms with Crippen molar-refractivity contribution in [3.05, 3.63) is 175 Å². The van der Waals surface area contributed by atoms with Gasteiger partial charge in [0.2, 0.25) is 0 Å². The second-order valence-corrected chi connectivity index (χ2v) is 11.7. The molecular formula is C43H29N. The maximum atomic E-state index is 2.42. The monoisotopic (exact) mass is 559 g/mol. The molecule has 0 spiro atoms. The minimum Gasteiger partial charge on any atom is -0.309 e. The Morgan fingerprint density at radius 1 is 0.364 bits per heavy atom. The highest BCUT2D eigenvalue weighted by Gasteiger charge is 2.23. The molecule has 0 atom stereocenters. The van der Waals surface area contributed by atoms with E-state index in [1.807, 2.05) is 0 Å². The summed E-state index contributed by atoms with van der Waals surface area (Å²) in [6.07, 6.45) is 0.949. The summed E-state index contributed by atoms with van der Waals surface area (Å²) in [4.78, 5) is 0. The van der Waals surface area contributed by atoms with Crippen molar-refractivity contribution in [3.8, 4) is 50.2 Å². The van der Waals surface area contributed by atoms with Gasteiger partial charge in [0.05, 0.1) is 11.0 Å². The third kappa shape index (κ3) is 3.94. The van der Waals surface area contributed by atoms with Gasteiger partial charge in [-0.3, -0.25) is 0 Å². The molecule has 0 saturated carbocycles. The fourth-order valence-corrected chi connectivity index (χ4v) is 7.15. The molecule has 0 radical (unpaired) electrons. The zero-order valence-corrected chi connectivity index (χ0v) is 24.2. The number of hydrogen-bond acceptors (Lipinski definition) is 0. The van der Waals surface area contributed by atoms with Gasteiger partial charge in [-0.2, -0.15) is 0 Å². The van der Waals surface area contributed by atoms with Gasteiger partial charge in [0.25, 0.3) is 0 Å². The largest absolute Gasteiger partial charge is 0.309 e. The van der Waals surface area contributed by atoms with Crippen molar-refractivity contribution >= 4 is 21.8 Å². The molecule has 1 aliphatic carbocycles. The van der Waals surface area contributed by atoms with Gasteiger partial charge >= 0.3 is 0 Å². The number of nitrogens with zero attached hydrogens (tertiary/aromatic N) is 1. The third-order valence-electron chi connectivity index (χ3n) is 9.26. The van der Waals surface area contributed by atoms with Crippen LogP contribution in [0.3, 0.4) is 0 Å². The summed E-state index contributed by atoms with van der Waals surface area (Å²) in [7, 11) is 0. The number of aromatic nitrogens is 1. The third-order valence-corrected chi connectivity index (χ3v) is 9.26. The van der Waals surface area contributed by atoms with E-state index in [-0.39, 0.29) is 0 Å². The van der Waals surface area contributed by atoms with Crippen LogP contribution in [-0.4, -0.2) is 4.57 Å². The van der Waals surface area contributed by atoms with E-state index in [1.54, 1.807) is 0 Å². The summed E-state index contributed by atoms with van der Waals surface area (Å²) < 4.78 is 2.42. The summed E-state index contributed by atoms with van der Waals surface area (Å²) in [5.74, 6) is 0. The first-order valence-corrected chi connectivity index (χ1v) is 15.3. The molecule has 0 saturated heterocycles. The highest BCUT2D eigenvalue weighted by Crippen LogP contribution is 2.44. The van der Waals surface area contributed by atoms with Crippen molar-refractivity contribution in [2.45, 2.75) is 6.42 Å². The van der Waals surface area contributed by atoms with E-state index in [2.05, 4.69) is 168 Å². The van der Waals surface area contributed by atoms with Crippen LogP contribution in [0.4, 0.5) is 0 Å². The highest BCUT2D eigenvalue weighted by molar-refractivity contribution is 6.09. The van der Waals surface area contributed by atoms with Gasteiger partial charge in [-0.1, -0.05) is 133 Å². The van der Waals surface area contributed by atoms with Crippen molar-refractivity contribution < 1.29 is 0 Å². The van der Waals surface area contributed by atoms with E-state index >= 15 is 0 Å². The van der Waals surface area contributed by atoms with Crippen LogP contribution in [0.2, 0.25) is 0 Å². The number of benzene rings is 7. The lowest BCUT2D eigenvalue weighted by atomic mass is 9.93. The van der Waals surface area contributed by atoms with Gasteiger partial charge < -0.3 is 4.57 Å². The molecule has 1 heteroatoms. The molecule has 1 aliphatic rings. The smallest absolute Gasteiger partial charge is 0.0541 e. The molecule has 0 unspecified atom stereocenters. The molecule has 0 fully saturated rings. The van der Waals surface area contributed by atoms with Crippen LogP contribution in [0.15, 0.2) is 164 Å². The standard InChI is InChI=1S/C43H29N/c1-2-10-29(11-3-1)30-20-22-31(23-21-30)32-12-8-13-33(26-32)36-16-9-17-37-40-28-35(25-24-34(40)27-41(36)37)44-42-18-6-4-14-38(42)39-15-5-7-19-43(39)44/h1-26,28H,27H2. The molecule has 0 N–H and O–H groups in total. The molecule has 206 valence electrons. The first-order valence-electron chi connectivity index (χ1n) is 15.3. The second-order valence-electron chi connectivity index (χ2n) is 11.7. The Bertz CT molecular complexity index is 2290. The summed E-state index contributed by atoms with van der Waals surface area (Å²) in [6.45, 7) is 0. The average molecular weight is 560 g/mol. The fourth-order valence-electron chi connectivity index (χ4n) is 7.15. The molecule has 0 amide bonds. The van der Waals surface area contributed by atoms with Crippen LogP contribution >= 0.6 is 0 Å². The van der Waals surface area contributed by atoms with Crippen LogP contribution in [0, 0.1) is 0 Å². The molecular weight excluding hydrogens is 530 g/mol. The molecule has 1 aromatic heterocycles. The first kappa shape index (κ1) is 24.9. The molecule has 7 aromatic carbocycles. The number of fused-ring (bicyclic) bond motifs is 6. The SMILES string of the molecule is c1ccc(-c2ccc(-c3cccc(-c4cccc5c4Cc4ccc(-n6c7ccccc7c7ccccc76)cc4-5)c3)cc2)cc1. The van der Waals surface area contributed by atoms with E-state index in [0.29, 0.717) is 0 Å². The summed E-state index contributed by atoms with van der Waals surface area (Å²) in [5.41, 5.74) is 16.7. The van der Waals surface area contributed by atoms with Crippen LogP contribution in [0.5, 0.6) is 0 Å². The minimum absolute atomic E-state index is 0.949. The molecule has 1 heterocycles. The van der Waals surface area contributed by atoms with Crippen molar-refractivity contribution in [2.24, 2.45) is 0 Å². The van der Waals surface area contributed by atoms with Gasteiger partial charge in [0.1, 0.15) is 0 Å². The van der Waals surface area contributed by atoms with Crippen molar-refractivity contribution in [2.75, 3.05) is 0 Å². The number of rotatable bonds is 4. The quantitative estimate of drug-likeness (QED) is 0.202. The Hall–Kier alpha value is -5.66. The molecule has 0 aliphatic heterocycles. The van der Waals surface area contributed by atoms with Crippen LogP contribution in [0.1, 0.15) is 11.1 Å². The highest BCUT2D eigenvalue weighted by atomic mass is 15.0. The molecule has 8 aromatic rings. The van der Waals surface area contributed by atoms with Gasteiger partial charge in [0, 0.05) is 16.5 Å². The van der Waals surface area contributed by atoms with Gasteiger partial charge in [-0.25, -0.2) is 0 Å². The summed E-state index contributed by atoms with van der Waals surface area (Å²) in [6, 6.07) is 59.8. The Balaban J connectivity index is 1.11. The first-order chi connectivity index (χ1) is 21.8. The van der Waals surface area contributed by atoms with Gasteiger partial charge in [0.15, 0.2) is 0 Å². The zero-order chi connectivity index (χ0) is 29.0. The fraction of sp³-hybridized carbons (Fsp3) is 0.0233. The Labute approximate surface area is 257 Å². The summed E-state index contributed by atoms with van der Waals surface area (Å²) >= 11 is 0. The Morgan fingerprint density at radius 2 is 0.932 bits per heavy atom. The normalized spacial score (nSPS) is 12.0. The topological polar surface area (TPSA) is 4.93 Å². The second kappa shape index (κ2) is 9.97. The lowest BCUT2D eigenvalue weighted by Gasteiger charge is -2.12. The van der Waals surface area contributed by atoms with E-state index in [1.165, 1.54) is 83.1 Å². The summed E-state index contributed by atoms with van der Waals surface area (Å²) in [5, 5.41) is 2.58. The predicted molar refractivity (Wildman–Crippen MR) is 185 cm³/mol. The van der Waals surface area contributed by atoms with Crippen molar-refractivity contribution in [3.63, 3.8) is 0 Å². The van der Waals surface area contributed by atoms with E-state index in [0.717, 1.165) is 6.42 Å². The number of para-hydroxylation sites is 2. The average Bonchev–Trinajstić information content (AvgIpc) is 3.64. The van der Waals surface area contributed by atoms with E-state index < -0.39 is 0 Å². The van der Waals surface area contributed by atoms with E-state index in [4.69, 9.17) is 0 Å². The van der Waals surface area contributed by atoms with Crippen LogP contribution in [0.25, 0.3) is 72.0 Å². The molecule has 9 rings (SSSR count). The maximum Gasteiger partial charge on any atom is 0.0541 e. The number of hydrogen-bond donors (Lipinski definition) is 0. The van der Waals surface area contributed by atoms with Crippen molar-refractivity contribution in [1.82, 2.24) is 4.57 Å². The Kier molecular flexibility index (Phi) is 5.64. The van der Waals surface area contributed by atoms with Crippen LogP contribution in [-0.2, 0) is 6.42 Å². The lowest BCUT2D eigenvalue weighted by Crippen LogP contribution is -1.94. The zero-order valence-electron chi connectivity index (χ0n) is 24.2. The Morgan fingerprint density at radius 3 is 1.68 bits per heavy atom. The van der Waals surface area contributed by atoms with Gasteiger partial charge in [-0.05, 0) is 92.4 Å². The van der Waals surface area contributed by atoms with Crippen LogP contribution < -0.4 is 0 Å². The lowest BCUT2D eigenvalue weighted by molar-refractivity contribution is 1.17. The molecule has 44 heavy (non-hydrogen) atoms. The molecule has 0 bridgehead atoms. The van der Waals surface area contributed by atoms with Gasteiger partial charge in [-0.15, -0.1) is 0 Å². The molecule has 1 nitrogen and oxygen atoms in total. The minimum atomic E-state index is 0.949. The maximum absolute atomic E-state index is 2.42.